The number of nitriles is 1. The third-order valence-electron chi connectivity index (χ3n) is 4.45. The lowest BCUT2D eigenvalue weighted by atomic mass is 9.88. The Balaban J connectivity index is 1.69. The first-order chi connectivity index (χ1) is 8.33. The van der Waals surface area contributed by atoms with Gasteiger partial charge in [0.15, 0.2) is 0 Å². The molecule has 4 nitrogen and oxygen atoms in total. The first-order valence-electron chi connectivity index (χ1n) is 6.70. The molecule has 3 atom stereocenters. The molecule has 3 aliphatic heterocycles. The van der Waals surface area contributed by atoms with Crippen molar-refractivity contribution < 1.29 is 9.47 Å². The van der Waals surface area contributed by atoms with Gasteiger partial charge in [-0.2, -0.15) is 5.26 Å². The average molecular weight is 236 g/mol. The number of nitrogens with zero attached hydrogens (tertiary/aromatic N) is 2. The van der Waals surface area contributed by atoms with E-state index in [0.717, 1.165) is 52.0 Å². The molecule has 0 saturated carbocycles. The molecule has 3 heterocycles. The SMILES string of the molecule is N#CC1CCCN1C1CCOC2(CCOC2)C1. The van der Waals surface area contributed by atoms with E-state index in [-0.39, 0.29) is 11.6 Å². The maximum Gasteiger partial charge on any atom is 0.0980 e. The normalized spacial score (nSPS) is 43.0. The molecule has 94 valence electrons. The van der Waals surface area contributed by atoms with Crippen LogP contribution in [0.3, 0.4) is 0 Å². The summed E-state index contributed by atoms with van der Waals surface area (Å²) >= 11 is 0. The minimum absolute atomic E-state index is 0.0362. The fourth-order valence-electron chi connectivity index (χ4n) is 3.51. The predicted molar refractivity (Wildman–Crippen MR) is 62.5 cm³/mol. The summed E-state index contributed by atoms with van der Waals surface area (Å²) in [5, 5.41) is 9.18. The summed E-state index contributed by atoms with van der Waals surface area (Å²) < 4.78 is 11.4. The van der Waals surface area contributed by atoms with Gasteiger partial charge in [-0.1, -0.05) is 0 Å². The smallest absolute Gasteiger partial charge is 0.0980 e. The Bertz CT molecular complexity index is 320. The second-order valence-electron chi connectivity index (χ2n) is 5.51. The zero-order valence-electron chi connectivity index (χ0n) is 10.2. The molecule has 3 rings (SSSR count). The zero-order valence-corrected chi connectivity index (χ0v) is 10.2. The van der Waals surface area contributed by atoms with E-state index < -0.39 is 0 Å². The molecule has 0 aromatic heterocycles. The Kier molecular flexibility index (Phi) is 3.08. The van der Waals surface area contributed by atoms with Crippen LogP contribution in [0.1, 0.15) is 32.1 Å². The molecule has 3 aliphatic rings. The van der Waals surface area contributed by atoms with Gasteiger partial charge in [-0.25, -0.2) is 0 Å². The average Bonchev–Trinajstić information content (AvgIpc) is 2.98. The van der Waals surface area contributed by atoms with Crippen molar-refractivity contribution in [3.63, 3.8) is 0 Å². The Labute approximate surface area is 102 Å². The fourth-order valence-corrected chi connectivity index (χ4v) is 3.51. The molecule has 0 aromatic rings. The Morgan fingerprint density at radius 1 is 1.29 bits per heavy atom. The summed E-state index contributed by atoms with van der Waals surface area (Å²) in [5.41, 5.74) is -0.0362. The highest BCUT2D eigenvalue weighted by Crippen LogP contribution is 2.36. The quantitative estimate of drug-likeness (QED) is 0.688. The van der Waals surface area contributed by atoms with Crippen molar-refractivity contribution in [2.24, 2.45) is 0 Å². The van der Waals surface area contributed by atoms with Gasteiger partial charge in [0.1, 0.15) is 0 Å². The van der Waals surface area contributed by atoms with Crippen molar-refractivity contribution in [2.75, 3.05) is 26.4 Å². The summed E-state index contributed by atoms with van der Waals surface area (Å²) in [6, 6.07) is 3.11. The minimum Gasteiger partial charge on any atom is -0.378 e. The molecule has 0 N–H and O–H groups in total. The molecule has 17 heavy (non-hydrogen) atoms. The lowest BCUT2D eigenvalue weighted by Crippen LogP contribution is -2.50. The largest absolute Gasteiger partial charge is 0.378 e. The fraction of sp³-hybridized carbons (Fsp3) is 0.923. The van der Waals surface area contributed by atoms with Crippen molar-refractivity contribution in [1.82, 2.24) is 4.90 Å². The molecular formula is C13H20N2O2. The predicted octanol–water partition coefficient (Wildman–Crippen LogP) is 1.31. The molecular weight excluding hydrogens is 216 g/mol. The van der Waals surface area contributed by atoms with Gasteiger partial charge < -0.3 is 9.47 Å². The summed E-state index contributed by atoms with van der Waals surface area (Å²) in [7, 11) is 0. The van der Waals surface area contributed by atoms with Crippen molar-refractivity contribution in [3.8, 4) is 6.07 Å². The highest BCUT2D eigenvalue weighted by atomic mass is 16.6. The van der Waals surface area contributed by atoms with E-state index in [1.807, 2.05) is 0 Å². The lowest BCUT2D eigenvalue weighted by molar-refractivity contribution is -0.106. The molecule has 4 heteroatoms. The molecule has 0 amide bonds. The van der Waals surface area contributed by atoms with Gasteiger partial charge in [-0.05, 0) is 32.2 Å². The first kappa shape index (κ1) is 11.5. The molecule has 1 spiro atoms. The van der Waals surface area contributed by atoms with Crippen LogP contribution in [0, 0.1) is 11.3 Å². The standard InChI is InChI=1S/C13H20N2O2/c14-9-12-2-1-5-15(12)11-3-6-17-13(8-11)4-7-16-10-13/h11-12H,1-8,10H2. The van der Waals surface area contributed by atoms with E-state index in [9.17, 15) is 5.26 Å². The van der Waals surface area contributed by atoms with Crippen LogP contribution in [0.2, 0.25) is 0 Å². The maximum absolute atomic E-state index is 9.18. The number of rotatable bonds is 1. The highest BCUT2D eigenvalue weighted by molar-refractivity contribution is 5.02. The number of ether oxygens (including phenoxy) is 2. The minimum atomic E-state index is -0.0362. The maximum atomic E-state index is 9.18. The molecule has 0 aromatic carbocycles. The summed E-state index contributed by atoms with van der Waals surface area (Å²) in [5.74, 6) is 0. The molecule has 0 aliphatic carbocycles. The number of likely N-dealkylation sites (tertiary alicyclic amines) is 1. The van der Waals surface area contributed by atoms with Gasteiger partial charge in [-0.3, -0.25) is 4.90 Å². The third-order valence-corrected chi connectivity index (χ3v) is 4.45. The molecule has 3 saturated heterocycles. The van der Waals surface area contributed by atoms with Crippen LogP contribution in [0.15, 0.2) is 0 Å². The van der Waals surface area contributed by atoms with Gasteiger partial charge in [0.25, 0.3) is 0 Å². The Hall–Kier alpha value is -0.630. The molecule has 3 fully saturated rings. The number of hydrogen-bond acceptors (Lipinski definition) is 4. The van der Waals surface area contributed by atoms with Crippen molar-refractivity contribution >= 4 is 0 Å². The van der Waals surface area contributed by atoms with E-state index in [1.165, 1.54) is 6.42 Å². The van der Waals surface area contributed by atoms with Crippen LogP contribution in [0.4, 0.5) is 0 Å². The lowest BCUT2D eigenvalue weighted by Gasteiger charge is -2.41. The van der Waals surface area contributed by atoms with Crippen LogP contribution in [-0.2, 0) is 9.47 Å². The van der Waals surface area contributed by atoms with Crippen molar-refractivity contribution in [2.45, 2.75) is 49.8 Å². The van der Waals surface area contributed by atoms with Gasteiger partial charge in [0.2, 0.25) is 0 Å². The first-order valence-corrected chi connectivity index (χ1v) is 6.70. The van der Waals surface area contributed by atoms with E-state index >= 15 is 0 Å². The van der Waals surface area contributed by atoms with E-state index in [1.54, 1.807) is 0 Å². The Morgan fingerprint density at radius 3 is 3.00 bits per heavy atom. The molecule has 3 unspecified atom stereocenters. The van der Waals surface area contributed by atoms with Gasteiger partial charge in [0.05, 0.1) is 24.3 Å². The second kappa shape index (κ2) is 4.56. The van der Waals surface area contributed by atoms with Crippen LogP contribution >= 0.6 is 0 Å². The highest BCUT2D eigenvalue weighted by Gasteiger charge is 2.44. The monoisotopic (exact) mass is 236 g/mol. The summed E-state index contributed by atoms with van der Waals surface area (Å²) in [6.07, 6.45) is 5.34. The van der Waals surface area contributed by atoms with E-state index in [0.29, 0.717) is 6.04 Å². The van der Waals surface area contributed by atoms with Gasteiger partial charge >= 0.3 is 0 Å². The van der Waals surface area contributed by atoms with Crippen LogP contribution in [-0.4, -0.2) is 49.0 Å². The van der Waals surface area contributed by atoms with E-state index in [2.05, 4.69) is 11.0 Å². The van der Waals surface area contributed by atoms with Crippen LogP contribution < -0.4 is 0 Å². The Morgan fingerprint density at radius 2 is 2.24 bits per heavy atom. The summed E-state index contributed by atoms with van der Waals surface area (Å²) in [4.78, 5) is 2.41. The summed E-state index contributed by atoms with van der Waals surface area (Å²) in [6.45, 7) is 3.48. The van der Waals surface area contributed by atoms with Crippen molar-refractivity contribution in [1.29, 1.82) is 5.26 Å². The van der Waals surface area contributed by atoms with E-state index in [4.69, 9.17) is 9.47 Å². The number of hydrogen-bond donors (Lipinski definition) is 0. The third kappa shape index (κ3) is 2.08. The molecule has 0 bridgehead atoms. The van der Waals surface area contributed by atoms with Gasteiger partial charge in [-0.15, -0.1) is 0 Å². The second-order valence-corrected chi connectivity index (χ2v) is 5.51. The molecule has 0 radical (unpaired) electrons. The zero-order chi connectivity index (χ0) is 11.7. The van der Waals surface area contributed by atoms with Crippen LogP contribution in [0.25, 0.3) is 0 Å². The van der Waals surface area contributed by atoms with Gasteiger partial charge in [0, 0.05) is 25.7 Å². The topological polar surface area (TPSA) is 45.5 Å². The van der Waals surface area contributed by atoms with Crippen LogP contribution in [0.5, 0.6) is 0 Å². The van der Waals surface area contributed by atoms with Crippen molar-refractivity contribution in [3.05, 3.63) is 0 Å².